The fourth-order valence-electron chi connectivity index (χ4n) is 3.16. The van der Waals surface area contributed by atoms with E-state index in [1.165, 1.54) is 12.1 Å². The van der Waals surface area contributed by atoms with E-state index in [1.807, 2.05) is 0 Å². The molecular weight excluding hydrogens is 531 g/mol. The van der Waals surface area contributed by atoms with Crippen molar-refractivity contribution in [1.29, 1.82) is 0 Å². The molecule has 0 bridgehead atoms. The van der Waals surface area contributed by atoms with Gasteiger partial charge in [0.1, 0.15) is 5.75 Å². The molecule has 0 spiro atoms. The van der Waals surface area contributed by atoms with Crippen LogP contribution in [-0.2, 0) is 4.79 Å². The van der Waals surface area contributed by atoms with Gasteiger partial charge in [-0.1, -0.05) is 23.7 Å². The van der Waals surface area contributed by atoms with E-state index >= 15 is 0 Å². The first kappa shape index (κ1) is 27.1. The summed E-state index contributed by atoms with van der Waals surface area (Å²) in [6.45, 7) is -1.26. The summed E-state index contributed by atoms with van der Waals surface area (Å²) >= 11 is 5.71. The lowest BCUT2D eigenvalue weighted by Gasteiger charge is -2.41. The van der Waals surface area contributed by atoms with E-state index in [2.05, 4.69) is 5.10 Å². The van der Waals surface area contributed by atoms with Crippen LogP contribution in [0.1, 0.15) is 12.0 Å². The minimum atomic E-state index is -6.79. The summed E-state index contributed by atoms with van der Waals surface area (Å²) in [6.07, 6.45) is -8.39. The summed E-state index contributed by atoms with van der Waals surface area (Å²) in [6, 6.07) is 8.70. The number of carbonyl (C=O) groups excluding carboxylic acids is 1. The molecule has 194 valence electrons. The Bertz CT molecular complexity index is 1190. The molecule has 0 unspecified atom stereocenters. The predicted octanol–water partition coefficient (Wildman–Crippen LogP) is 4.79. The Morgan fingerprint density at radius 2 is 1.64 bits per heavy atom. The molecule has 1 N–H and O–H groups in total. The molecule has 0 radical (unpaired) electrons. The van der Waals surface area contributed by atoms with Gasteiger partial charge in [-0.25, -0.2) is 0 Å². The van der Waals surface area contributed by atoms with Crippen LogP contribution < -0.4 is 4.74 Å². The number of non-ortho nitro benzene ring substituents is 1. The molecule has 1 amide bonds. The number of halogens is 8. The van der Waals surface area contributed by atoms with Crippen LogP contribution in [-0.4, -0.2) is 57.0 Å². The van der Waals surface area contributed by atoms with Crippen molar-refractivity contribution >= 4 is 28.9 Å². The number of nitro benzene ring substituents is 1. The Hall–Kier alpha value is -3.46. The molecule has 2 aromatic rings. The zero-order chi connectivity index (χ0) is 27.1. The number of amides is 1. The van der Waals surface area contributed by atoms with Crippen molar-refractivity contribution in [3.05, 3.63) is 69.2 Å². The van der Waals surface area contributed by atoms with Crippen LogP contribution in [0.25, 0.3) is 0 Å². The third-order valence-electron chi connectivity index (χ3n) is 5.06. The van der Waals surface area contributed by atoms with Crippen molar-refractivity contribution in [3.8, 4) is 5.75 Å². The summed E-state index contributed by atoms with van der Waals surface area (Å²) in [4.78, 5) is 22.5. The van der Waals surface area contributed by atoms with Crippen molar-refractivity contribution in [2.24, 2.45) is 5.10 Å². The average molecular weight is 544 g/mol. The van der Waals surface area contributed by atoms with Crippen LogP contribution in [0.5, 0.6) is 5.75 Å². The Balaban J connectivity index is 1.97. The number of hydrazone groups is 1. The summed E-state index contributed by atoms with van der Waals surface area (Å²) in [5.74, 6) is -15.0. The topological polar surface area (TPSA) is 105 Å². The highest BCUT2D eigenvalue weighted by atomic mass is 35.5. The number of hydrogen-bond acceptors (Lipinski definition) is 6. The van der Waals surface area contributed by atoms with Crippen LogP contribution in [0.3, 0.4) is 0 Å². The fourth-order valence-corrected chi connectivity index (χ4v) is 3.28. The smallest absolute Gasteiger partial charge is 0.460 e. The molecule has 0 fully saturated rings. The maximum absolute atomic E-state index is 14.7. The van der Waals surface area contributed by atoms with Crippen molar-refractivity contribution in [3.63, 3.8) is 0 Å². The van der Waals surface area contributed by atoms with Crippen LogP contribution in [0, 0.1) is 10.1 Å². The van der Waals surface area contributed by atoms with E-state index in [9.17, 15) is 50.7 Å². The van der Waals surface area contributed by atoms with Gasteiger partial charge in [-0.15, -0.1) is 0 Å². The van der Waals surface area contributed by atoms with E-state index in [0.717, 1.165) is 36.4 Å². The highest BCUT2D eigenvalue weighted by molar-refractivity contribution is 6.30. The predicted molar refractivity (Wildman–Crippen MR) is 109 cm³/mol. The number of ether oxygens (including phenoxy) is 1. The third kappa shape index (κ3) is 4.67. The molecule has 16 heteroatoms. The lowest BCUT2D eigenvalue weighted by Crippen LogP contribution is -2.69. The molecule has 1 aliphatic rings. The second-order valence-corrected chi connectivity index (χ2v) is 7.88. The molecule has 1 aliphatic heterocycles. The van der Waals surface area contributed by atoms with Gasteiger partial charge in [0, 0.05) is 23.6 Å². The molecule has 36 heavy (non-hydrogen) atoms. The van der Waals surface area contributed by atoms with Crippen molar-refractivity contribution in [2.75, 3.05) is 6.61 Å². The lowest BCUT2D eigenvalue weighted by atomic mass is 9.91. The maximum atomic E-state index is 14.7. The van der Waals surface area contributed by atoms with Crippen LogP contribution in [0.4, 0.5) is 36.4 Å². The third-order valence-corrected chi connectivity index (χ3v) is 5.31. The van der Waals surface area contributed by atoms with Gasteiger partial charge in [-0.3, -0.25) is 14.9 Å². The first-order valence-electron chi connectivity index (χ1n) is 9.60. The standard InChI is InChI=1S/C20H13ClF7N3O5/c21-12-3-1-11(2-4-12)15-9-17(33,18(22,23)19(24,25)20(26,27)28)30(29-15)16(32)10-36-14-7-5-13(6-8-14)31(34)35/h1-8,33H,9-10H2/t17-/m0/s1. The normalized spacial score (nSPS) is 18.7. The van der Waals surface area contributed by atoms with Gasteiger partial charge in [0.05, 0.1) is 10.6 Å². The number of carbonyl (C=O) groups is 1. The van der Waals surface area contributed by atoms with E-state index in [0.29, 0.717) is 0 Å². The highest BCUT2D eigenvalue weighted by Crippen LogP contribution is 2.54. The quantitative estimate of drug-likeness (QED) is 0.307. The summed E-state index contributed by atoms with van der Waals surface area (Å²) < 4.78 is 101. The SMILES string of the molecule is O=C(COc1ccc([N+](=O)[O-])cc1)N1N=C(c2ccc(Cl)cc2)C[C@]1(O)C(F)(F)C(F)(F)C(F)(F)F. The number of nitro groups is 1. The average Bonchev–Trinajstić information content (AvgIpc) is 3.16. The zero-order valence-corrected chi connectivity index (χ0v) is 18.2. The molecule has 2 aromatic carbocycles. The maximum Gasteiger partial charge on any atom is 0.460 e. The highest BCUT2D eigenvalue weighted by Gasteiger charge is 2.82. The molecule has 0 saturated carbocycles. The Labute approximate surface area is 201 Å². The van der Waals surface area contributed by atoms with Gasteiger partial charge in [0.25, 0.3) is 11.6 Å². The van der Waals surface area contributed by atoms with Gasteiger partial charge in [0.15, 0.2) is 6.61 Å². The van der Waals surface area contributed by atoms with Gasteiger partial charge in [-0.05, 0) is 29.8 Å². The monoisotopic (exact) mass is 543 g/mol. The Morgan fingerprint density at radius 1 is 1.08 bits per heavy atom. The fraction of sp³-hybridized carbons (Fsp3) is 0.300. The molecule has 1 atom stereocenters. The van der Waals surface area contributed by atoms with Gasteiger partial charge >= 0.3 is 18.0 Å². The number of nitrogens with zero attached hydrogens (tertiary/aromatic N) is 3. The van der Waals surface area contributed by atoms with E-state index in [4.69, 9.17) is 16.3 Å². The second-order valence-electron chi connectivity index (χ2n) is 7.44. The van der Waals surface area contributed by atoms with E-state index in [-0.39, 0.29) is 22.0 Å². The van der Waals surface area contributed by atoms with Crippen molar-refractivity contribution in [1.82, 2.24) is 5.01 Å². The van der Waals surface area contributed by atoms with Crippen LogP contribution in [0.15, 0.2) is 53.6 Å². The molecule has 0 saturated heterocycles. The molecule has 3 rings (SSSR count). The summed E-state index contributed by atoms with van der Waals surface area (Å²) in [5.41, 5.74) is -5.53. The Morgan fingerprint density at radius 3 is 2.14 bits per heavy atom. The number of rotatable bonds is 7. The largest absolute Gasteiger partial charge is 0.484 e. The van der Waals surface area contributed by atoms with Crippen molar-refractivity contribution in [2.45, 2.75) is 30.2 Å². The number of hydrogen-bond donors (Lipinski definition) is 1. The number of benzene rings is 2. The minimum absolute atomic E-state index is 0.101. The lowest BCUT2D eigenvalue weighted by molar-refractivity contribution is -0.401. The Kier molecular flexibility index (Phi) is 6.94. The zero-order valence-electron chi connectivity index (χ0n) is 17.5. The molecule has 0 aliphatic carbocycles. The summed E-state index contributed by atoms with van der Waals surface area (Å²) in [7, 11) is 0. The van der Waals surface area contributed by atoms with Gasteiger partial charge in [-0.2, -0.15) is 40.8 Å². The summed E-state index contributed by atoms with van der Waals surface area (Å²) in [5, 5.41) is 24.2. The number of alkyl halides is 7. The molecule has 1 heterocycles. The van der Waals surface area contributed by atoms with Gasteiger partial charge in [0.2, 0.25) is 5.72 Å². The first-order valence-corrected chi connectivity index (χ1v) is 9.97. The van der Waals surface area contributed by atoms with Crippen LogP contribution >= 0.6 is 11.6 Å². The molecule has 8 nitrogen and oxygen atoms in total. The first-order chi connectivity index (χ1) is 16.5. The molecular formula is C20H13ClF7N3O5. The van der Waals surface area contributed by atoms with Crippen LogP contribution in [0.2, 0.25) is 5.02 Å². The van der Waals surface area contributed by atoms with Crippen molar-refractivity contribution < 1.29 is 50.3 Å². The second kappa shape index (κ2) is 9.20. The van der Waals surface area contributed by atoms with Gasteiger partial charge < -0.3 is 9.84 Å². The van der Waals surface area contributed by atoms with E-state index < -0.39 is 58.3 Å². The molecule has 0 aromatic heterocycles. The minimum Gasteiger partial charge on any atom is -0.484 e. The van der Waals surface area contributed by atoms with E-state index in [1.54, 1.807) is 0 Å². The number of aliphatic hydroxyl groups is 1.